The Bertz CT molecular complexity index is 1160. The Balaban J connectivity index is 1.65. The number of pyridine rings is 1. The first-order chi connectivity index (χ1) is 14.6. The van der Waals surface area contributed by atoms with Crippen molar-refractivity contribution in [2.75, 3.05) is 0 Å². The summed E-state index contributed by atoms with van der Waals surface area (Å²) in [6.07, 6.45) is 1.02. The molecule has 0 aliphatic heterocycles. The van der Waals surface area contributed by atoms with Gasteiger partial charge in [0.25, 0.3) is 5.91 Å². The lowest BCUT2D eigenvalue weighted by atomic mass is 10.1. The van der Waals surface area contributed by atoms with Gasteiger partial charge >= 0.3 is 0 Å². The SMILES string of the molecule is CCc1ccc(Sc2cc(C(=O)NC(C)c3ccccc3)c3ccccc3n2)cc1. The molecule has 0 spiro atoms. The fourth-order valence-electron chi connectivity index (χ4n) is 3.40. The third kappa shape index (κ3) is 4.55. The predicted octanol–water partition coefficient (Wildman–Crippen LogP) is 6.44. The van der Waals surface area contributed by atoms with E-state index < -0.39 is 0 Å². The van der Waals surface area contributed by atoms with E-state index in [1.165, 1.54) is 5.56 Å². The molecular weight excluding hydrogens is 388 g/mol. The summed E-state index contributed by atoms with van der Waals surface area (Å²) in [6, 6.07) is 28.1. The van der Waals surface area contributed by atoms with E-state index >= 15 is 0 Å². The van der Waals surface area contributed by atoms with Crippen LogP contribution in [0.3, 0.4) is 0 Å². The first-order valence-electron chi connectivity index (χ1n) is 10.2. The van der Waals surface area contributed by atoms with Gasteiger partial charge in [-0.1, -0.05) is 79.3 Å². The molecule has 150 valence electrons. The number of aromatic nitrogens is 1. The average Bonchev–Trinajstić information content (AvgIpc) is 2.79. The van der Waals surface area contributed by atoms with E-state index in [4.69, 9.17) is 4.98 Å². The van der Waals surface area contributed by atoms with E-state index in [0.29, 0.717) is 5.56 Å². The molecule has 4 aromatic rings. The van der Waals surface area contributed by atoms with Crippen molar-refractivity contribution < 1.29 is 4.79 Å². The summed E-state index contributed by atoms with van der Waals surface area (Å²) < 4.78 is 0. The number of rotatable bonds is 6. The van der Waals surface area contributed by atoms with Crippen molar-refractivity contribution in [3.05, 3.63) is 102 Å². The van der Waals surface area contributed by atoms with Crippen molar-refractivity contribution in [1.29, 1.82) is 0 Å². The maximum Gasteiger partial charge on any atom is 0.252 e. The molecule has 3 nitrogen and oxygen atoms in total. The van der Waals surface area contributed by atoms with Crippen LogP contribution in [0.5, 0.6) is 0 Å². The van der Waals surface area contributed by atoms with Crippen molar-refractivity contribution in [3.63, 3.8) is 0 Å². The lowest BCUT2D eigenvalue weighted by molar-refractivity contribution is 0.0941. The predicted molar refractivity (Wildman–Crippen MR) is 124 cm³/mol. The topological polar surface area (TPSA) is 42.0 Å². The Labute approximate surface area is 181 Å². The number of fused-ring (bicyclic) bond motifs is 1. The average molecular weight is 413 g/mol. The Kier molecular flexibility index (Phi) is 6.15. The van der Waals surface area contributed by atoms with E-state index in [1.807, 2.05) is 67.6 Å². The molecule has 0 bridgehead atoms. The van der Waals surface area contributed by atoms with Gasteiger partial charge in [-0.05, 0) is 48.7 Å². The minimum atomic E-state index is -0.0897. The minimum Gasteiger partial charge on any atom is -0.345 e. The number of hydrogen-bond donors (Lipinski definition) is 1. The molecular formula is C26H24N2OS. The number of carbonyl (C=O) groups excluding carboxylic acids is 1. The van der Waals surface area contributed by atoms with Gasteiger partial charge in [-0.25, -0.2) is 4.98 Å². The summed E-state index contributed by atoms with van der Waals surface area (Å²) in [6.45, 7) is 4.15. The molecule has 1 heterocycles. The standard InChI is InChI=1S/C26H24N2OS/c1-3-19-13-15-21(16-14-19)30-25-17-23(22-11-7-8-12-24(22)28-25)26(29)27-18(2)20-9-5-4-6-10-20/h4-18H,3H2,1-2H3,(H,27,29). The van der Waals surface area contributed by atoms with E-state index in [9.17, 15) is 4.79 Å². The highest BCUT2D eigenvalue weighted by Gasteiger charge is 2.16. The van der Waals surface area contributed by atoms with Gasteiger partial charge in [-0.2, -0.15) is 0 Å². The molecule has 0 radical (unpaired) electrons. The Morgan fingerprint density at radius 3 is 2.40 bits per heavy atom. The number of nitrogens with zero attached hydrogens (tertiary/aromatic N) is 1. The molecule has 0 saturated carbocycles. The number of para-hydroxylation sites is 1. The molecule has 1 N–H and O–H groups in total. The van der Waals surface area contributed by atoms with E-state index in [1.54, 1.807) is 11.8 Å². The van der Waals surface area contributed by atoms with Crippen LogP contribution in [0.2, 0.25) is 0 Å². The summed E-state index contributed by atoms with van der Waals surface area (Å²) >= 11 is 1.58. The van der Waals surface area contributed by atoms with E-state index in [0.717, 1.165) is 32.8 Å². The van der Waals surface area contributed by atoms with Crippen molar-refractivity contribution >= 4 is 28.6 Å². The monoisotopic (exact) mass is 412 g/mol. The highest BCUT2D eigenvalue weighted by molar-refractivity contribution is 7.99. The maximum absolute atomic E-state index is 13.2. The molecule has 0 aliphatic carbocycles. The summed E-state index contributed by atoms with van der Waals surface area (Å²) in [5.74, 6) is -0.0897. The van der Waals surface area contributed by atoms with Crippen LogP contribution in [0.1, 0.15) is 41.4 Å². The van der Waals surface area contributed by atoms with Gasteiger partial charge in [0, 0.05) is 10.3 Å². The zero-order valence-electron chi connectivity index (χ0n) is 17.1. The first kappa shape index (κ1) is 20.2. The number of nitrogens with one attached hydrogen (secondary N) is 1. The molecule has 0 fully saturated rings. The van der Waals surface area contributed by atoms with Gasteiger partial charge in [0.05, 0.1) is 17.1 Å². The van der Waals surface area contributed by atoms with Crippen LogP contribution in [0.15, 0.2) is 94.9 Å². The van der Waals surface area contributed by atoms with Crippen LogP contribution in [0.4, 0.5) is 0 Å². The molecule has 3 aromatic carbocycles. The molecule has 4 heteroatoms. The van der Waals surface area contributed by atoms with Crippen LogP contribution in [0, 0.1) is 0 Å². The first-order valence-corrected chi connectivity index (χ1v) is 11.0. The third-order valence-electron chi connectivity index (χ3n) is 5.14. The van der Waals surface area contributed by atoms with Crippen molar-refractivity contribution in [1.82, 2.24) is 10.3 Å². The lowest BCUT2D eigenvalue weighted by Crippen LogP contribution is -2.27. The largest absolute Gasteiger partial charge is 0.345 e. The smallest absolute Gasteiger partial charge is 0.252 e. The third-order valence-corrected chi connectivity index (χ3v) is 6.06. The van der Waals surface area contributed by atoms with Crippen LogP contribution in [-0.2, 0) is 6.42 Å². The molecule has 1 unspecified atom stereocenters. The highest BCUT2D eigenvalue weighted by atomic mass is 32.2. The Morgan fingerprint density at radius 2 is 1.67 bits per heavy atom. The number of aryl methyl sites for hydroxylation is 1. The highest BCUT2D eigenvalue weighted by Crippen LogP contribution is 2.30. The van der Waals surface area contributed by atoms with Crippen LogP contribution >= 0.6 is 11.8 Å². The van der Waals surface area contributed by atoms with Gasteiger partial charge in [-0.15, -0.1) is 0 Å². The summed E-state index contributed by atoms with van der Waals surface area (Å²) in [4.78, 5) is 19.1. The molecule has 1 aromatic heterocycles. The Morgan fingerprint density at radius 1 is 0.967 bits per heavy atom. The van der Waals surface area contributed by atoms with Crippen LogP contribution in [0.25, 0.3) is 10.9 Å². The molecule has 30 heavy (non-hydrogen) atoms. The zero-order valence-corrected chi connectivity index (χ0v) is 17.9. The van der Waals surface area contributed by atoms with Crippen LogP contribution in [-0.4, -0.2) is 10.9 Å². The van der Waals surface area contributed by atoms with E-state index in [2.05, 4.69) is 36.5 Å². The summed E-state index contributed by atoms with van der Waals surface area (Å²) in [5, 5.41) is 4.81. The zero-order chi connectivity index (χ0) is 20.9. The number of benzene rings is 3. The fourth-order valence-corrected chi connectivity index (χ4v) is 4.24. The van der Waals surface area contributed by atoms with Crippen molar-refractivity contribution in [2.24, 2.45) is 0 Å². The second-order valence-corrected chi connectivity index (χ2v) is 8.32. The second kappa shape index (κ2) is 9.14. The Hall–Kier alpha value is -3.11. The second-order valence-electron chi connectivity index (χ2n) is 7.23. The van der Waals surface area contributed by atoms with Gasteiger partial charge in [0.1, 0.15) is 5.03 Å². The van der Waals surface area contributed by atoms with Crippen molar-refractivity contribution in [2.45, 2.75) is 36.2 Å². The molecule has 1 atom stereocenters. The van der Waals surface area contributed by atoms with Gasteiger partial charge in [0.15, 0.2) is 0 Å². The lowest BCUT2D eigenvalue weighted by Gasteiger charge is -2.16. The molecule has 0 aliphatic rings. The fraction of sp³-hybridized carbons (Fsp3) is 0.154. The van der Waals surface area contributed by atoms with E-state index in [-0.39, 0.29) is 11.9 Å². The summed E-state index contributed by atoms with van der Waals surface area (Å²) in [5.41, 5.74) is 3.86. The van der Waals surface area contributed by atoms with Gasteiger partial charge in [0.2, 0.25) is 0 Å². The maximum atomic E-state index is 13.2. The summed E-state index contributed by atoms with van der Waals surface area (Å²) in [7, 11) is 0. The van der Waals surface area contributed by atoms with Crippen LogP contribution < -0.4 is 5.32 Å². The molecule has 1 amide bonds. The van der Waals surface area contributed by atoms with Crippen molar-refractivity contribution in [3.8, 4) is 0 Å². The van der Waals surface area contributed by atoms with Gasteiger partial charge < -0.3 is 5.32 Å². The quantitative estimate of drug-likeness (QED) is 0.396. The minimum absolute atomic E-state index is 0.0803. The molecule has 4 rings (SSSR count). The number of amides is 1. The van der Waals surface area contributed by atoms with Gasteiger partial charge in [-0.3, -0.25) is 4.79 Å². The number of carbonyl (C=O) groups is 1. The number of hydrogen-bond acceptors (Lipinski definition) is 3. The molecule has 0 saturated heterocycles. The normalized spacial score (nSPS) is 11.9.